The molecule has 0 aliphatic rings. The summed E-state index contributed by atoms with van der Waals surface area (Å²) in [5.74, 6) is 1.06. The van der Waals surface area contributed by atoms with Crippen LogP contribution in [0.15, 0.2) is 45.9 Å². The summed E-state index contributed by atoms with van der Waals surface area (Å²) in [6, 6.07) is 11.2. The van der Waals surface area contributed by atoms with Crippen LogP contribution < -0.4 is 0 Å². The normalized spacial score (nSPS) is 10.5. The molecular formula is C13H11ClO2S. The van der Waals surface area contributed by atoms with Crippen molar-refractivity contribution in [1.29, 1.82) is 0 Å². The van der Waals surface area contributed by atoms with Gasteiger partial charge < -0.3 is 4.42 Å². The van der Waals surface area contributed by atoms with E-state index in [1.54, 1.807) is 12.1 Å². The van der Waals surface area contributed by atoms with Gasteiger partial charge in [0.25, 0.3) is 0 Å². The third kappa shape index (κ3) is 3.14. The van der Waals surface area contributed by atoms with Crippen molar-refractivity contribution in [3.8, 4) is 0 Å². The van der Waals surface area contributed by atoms with Crippen molar-refractivity contribution in [2.24, 2.45) is 0 Å². The average molecular weight is 267 g/mol. The summed E-state index contributed by atoms with van der Waals surface area (Å²) in [5, 5.41) is 1.48. The van der Waals surface area contributed by atoms with Crippen molar-refractivity contribution in [2.75, 3.05) is 0 Å². The van der Waals surface area contributed by atoms with Crippen molar-refractivity contribution in [2.45, 2.75) is 17.8 Å². The van der Waals surface area contributed by atoms with E-state index in [-0.39, 0.29) is 5.78 Å². The van der Waals surface area contributed by atoms with Crippen molar-refractivity contribution in [1.82, 2.24) is 0 Å². The summed E-state index contributed by atoms with van der Waals surface area (Å²) >= 11 is 7.57. The average Bonchev–Trinajstić information content (AvgIpc) is 2.77. The second-order valence-corrected chi connectivity index (χ2v) is 4.94. The first-order valence-electron chi connectivity index (χ1n) is 5.14. The minimum atomic E-state index is -0.0606. The molecule has 2 nitrogen and oxygen atoms in total. The van der Waals surface area contributed by atoms with Gasteiger partial charge >= 0.3 is 0 Å². The molecule has 88 valence electrons. The van der Waals surface area contributed by atoms with Gasteiger partial charge in [0.1, 0.15) is 0 Å². The summed E-state index contributed by atoms with van der Waals surface area (Å²) in [5.41, 5.74) is 1.06. The minimum Gasteiger partial charge on any atom is -0.447 e. The standard InChI is InChI=1S/C13H11ClO2S/c1-9(15)12-6-7-13(16-12)17-8-10-4-2-3-5-11(10)14/h2-7H,8H2,1H3. The molecule has 4 heteroatoms. The number of halogens is 1. The van der Waals surface area contributed by atoms with Crippen LogP contribution in [0.1, 0.15) is 23.0 Å². The number of carbonyl (C=O) groups excluding carboxylic acids is 1. The Kier molecular flexibility index (Phi) is 3.92. The quantitative estimate of drug-likeness (QED) is 0.606. The number of Topliss-reactive ketones (excluding diaryl/α,β-unsaturated/α-hetero) is 1. The second kappa shape index (κ2) is 5.43. The molecule has 0 bridgehead atoms. The van der Waals surface area contributed by atoms with Gasteiger partial charge in [0.15, 0.2) is 16.6 Å². The third-order valence-electron chi connectivity index (χ3n) is 2.26. The Morgan fingerprint density at radius 2 is 2.06 bits per heavy atom. The zero-order chi connectivity index (χ0) is 12.3. The van der Waals surface area contributed by atoms with Gasteiger partial charge in [0.05, 0.1) is 0 Å². The van der Waals surface area contributed by atoms with Gasteiger partial charge in [0, 0.05) is 17.7 Å². The monoisotopic (exact) mass is 266 g/mol. The Morgan fingerprint density at radius 3 is 2.71 bits per heavy atom. The Hall–Kier alpha value is -1.19. The molecule has 1 heterocycles. The Labute approximate surface area is 109 Å². The molecule has 0 unspecified atom stereocenters. The summed E-state index contributed by atoms with van der Waals surface area (Å²) in [4.78, 5) is 11.1. The van der Waals surface area contributed by atoms with Crippen LogP contribution in [-0.2, 0) is 5.75 Å². The highest BCUT2D eigenvalue weighted by atomic mass is 35.5. The Morgan fingerprint density at radius 1 is 1.29 bits per heavy atom. The SMILES string of the molecule is CC(=O)c1ccc(SCc2ccccc2Cl)o1. The molecule has 0 saturated carbocycles. The minimum absolute atomic E-state index is 0.0606. The fourth-order valence-electron chi connectivity index (χ4n) is 1.35. The second-order valence-electron chi connectivity index (χ2n) is 3.55. The van der Waals surface area contributed by atoms with Crippen molar-refractivity contribution >= 4 is 29.1 Å². The molecule has 2 rings (SSSR count). The van der Waals surface area contributed by atoms with Gasteiger partial charge in [-0.15, -0.1) is 0 Å². The highest BCUT2D eigenvalue weighted by Crippen LogP contribution is 2.27. The molecule has 17 heavy (non-hydrogen) atoms. The first-order chi connectivity index (χ1) is 8.16. The van der Waals surface area contributed by atoms with Crippen LogP contribution >= 0.6 is 23.4 Å². The maximum atomic E-state index is 11.1. The number of carbonyl (C=O) groups is 1. The number of furan rings is 1. The van der Waals surface area contributed by atoms with Crippen molar-refractivity contribution in [3.63, 3.8) is 0 Å². The lowest BCUT2D eigenvalue weighted by Crippen LogP contribution is -1.86. The Balaban J connectivity index is 2.02. The highest BCUT2D eigenvalue weighted by Gasteiger charge is 2.07. The maximum absolute atomic E-state index is 11.1. The molecule has 0 N–H and O–H groups in total. The molecule has 0 aliphatic carbocycles. The van der Waals surface area contributed by atoms with E-state index in [1.165, 1.54) is 18.7 Å². The van der Waals surface area contributed by atoms with E-state index < -0.39 is 0 Å². The van der Waals surface area contributed by atoms with Crippen LogP contribution in [-0.4, -0.2) is 5.78 Å². The fraction of sp³-hybridized carbons (Fsp3) is 0.154. The number of ketones is 1. The molecule has 0 saturated heterocycles. The smallest absolute Gasteiger partial charge is 0.194 e. The largest absolute Gasteiger partial charge is 0.447 e. The lowest BCUT2D eigenvalue weighted by atomic mass is 10.2. The molecule has 0 atom stereocenters. The predicted octanol–water partition coefficient (Wildman–Crippen LogP) is 4.43. The first-order valence-corrected chi connectivity index (χ1v) is 6.50. The zero-order valence-electron chi connectivity index (χ0n) is 9.27. The van der Waals surface area contributed by atoms with E-state index in [1.807, 2.05) is 24.3 Å². The van der Waals surface area contributed by atoms with Crippen LogP contribution in [0.5, 0.6) is 0 Å². The number of hydrogen-bond acceptors (Lipinski definition) is 3. The van der Waals surface area contributed by atoms with E-state index in [2.05, 4.69) is 0 Å². The fourth-order valence-corrected chi connectivity index (χ4v) is 2.50. The third-order valence-corrected chi connectivity index (χ3v) is 3.58. The van der Waals surface area contributed by atoms with Crippen molar-refractivity contribution < 1.29 is 9.21 Å². The summed E-state index contributed by atoms with van der Waals surface area (Å²) in [6.07, 6.45) is 0. The highest BCUT2D eigenvalue weighted by molar-refractivity contribution is 7.98. The van der Waals surface area contributed by atoms with Gasteiger partial charge in [0.2, 0.25) is 0 Å². The van der Waals surface area contributed by atoms with Crippen LogP contribution in [0.2, 0.25) is 5.02 Å². The summed E-state index contributed by atoms with van der Waals surface area (Å²) in [7, 11) is 0. The van der Waals surface area contributed by atoms with Crippen molar-refractivity contribution in [3.05, 3.63) is 52.7 Å². The first kappa shape index (κ1) is 12.3. The van der Waals surface area contributed by atoms with E-state index in [4.69, 9.17) is 16.0 Å². The molecule has 0 aliphatic heterocycles. The van der Waals surface area contributed by atoms with Gasteiger partial charge in [-0.3, -0.25) is 4.79 Å². The zero-order valence-corrected chi connectivity index (χ0v) is 10.8. The van der Waals surface area contributed by atoms with E-state index in [0.29, 0.717) is 5.76 Å². The molecule has 0 spiro atoms. The molecule has 1 aromatic heterocycles. The maximum Gasteiger partial charge on any atom is 0.194 e. The van der Waals surface area contributed by atoms with Gasteiger partial charge in [-0.25, -0.2) is 0 Å². The lowest BCUT2D eigenvalue weighted by molar-refractivity contribution is 0.0982. The number of benzene rings is 1. The lowest BCUT2D eigenvalue weighted by Gasteiger charge is -2.01. The van der Waals surface area contributed by atoms with Crippen LogP contribution in [0.3, 0.4) is 0 Å². The number of rotatable bonds is 4. The predicted molar refractivity (Wildman–Crippen MR) is 69.7 cm³/mol. The van der Waals surface area contributed by atoms with Gasteiger partial charge in [-0.2, -0.15) is 0 Å². The molecule has 2 aromatic rings. The molecule has 0 radical (unpaired) electrons. The molecular weight excluding hydrogens is 256 g/mol. The van der Waals surface area contributed by atoms with Gasteiger partial charge in [-0.1, -0.05) is 41.6 Å². The van der Waals surface area contributed by atoms with E-state index in [0.717, 1.165) is 21.4 Å². The topological polar surface area (TPSA) is 30.2 Å². The van der Waals surface area contributed by atoms with E-state index >= 15 is 0 Å². The van der Waals surface area contributed by atoms with Crippen LogP contribution in [0, 0.1) is 0 Å². The van der Waals surface area contributed by atoms with Crippen LogP contribution in [0.4, 0.5) is 0 Å². The molecule has 0 fully saturated rings. The Bertz CT molecular complexity index is 534. The van der Waals surface area contributed by atoms with Crippen LogP contribution in [0.25, 0.3) is 0 Å². The summed E-state index contributed by atoms with van der Waals surface area (Å²) < 4.78 is 5.38. The number of thioether (sulfide) groups is 1. The summed E-state index contributed by atoms with van der Waals surface area (Å²) in [6.45, 7) is 1.49. The van der Waals surface area contributed by atoms with E-state index in [9.17, 15) is 4.79 Å². The van der Waals surface area contributed by atoms with Gasteiger partial charge in [-0.05, 0) is 23.8 Å². The molecule has 1 aromatic carbocycles. The molecule has 0 amide bonds. The number of hydrogen-bond donors (Lipinski definition) is 0.